The van der Waals surface area contributed by atoms with Gasteiger partial charge in [0.2, 0.25) is 0 Å². The number of ether oxygens (including phenoxy) is 2. The topological polar surface area (TPSA) is 30.5 Å². The van der Waals surface area contributed by atoms with Gasteiger partial charge in [-0.3, -0.25) is 0 Å². The van der Waals surface area contributed by atoms with E-state index >= 15 is 0 Å². The van der Waals surface area contributed by atoms with Gasteiger partial charge in [-0.25, -0.2) is 0 Å². The van der Waals surface area contributed by atoms with Crippen LogP contribution in [0.1, 0.15) is 37.3 Å². The molecule has 0 aliphatic carbocycles. The van der Waals surface area contributed by atoms with Crippen LogP contribution in [0.15, 0.2) is 42.5 Å². The van der Waals surface area contributed by atoms with Gasteiger partial charge in [0, 0.05) is 19.8 Å². The Labute approximate surface area is 178 Å². The van der Waals surface area contributed by atoms with Crippen molar-refractivity contribution < 1.29 is 9.47 Å². The van der Waals surface area contributed by atoms with Gasteiger partial charge in [0.15, 0.2) is 5.75 Å². The number of halogens is 3. The van der Waals surface area contributed by atoms with Crippen molar-refractivity contribution in [2.24, 2.45) is 0 Å². The molecule has 0 amide bonds. The zero-order valence-electron chi connectivity index (χ0n) is 15.7. The van der Waals surface area contributed by atoms with Gasteiger partial charge in [-0.05, 0) is 42.6 Å². The van der Waals surface area contributed by atoms with Crippen molar-refractivity contribution in [3.8, 4) is 5.75 Å². The van der Waals surface area contributed by atoms with Crippen molar-refractivity contribution in [2.45, 2.75) is 39.3 Å². The lowest BCUT2D eigenvalue weighted by atomic mass is 10.2. The van der Waals surface area contributed by atoms with Gasteiger partial charge in [-0.2, -0.15) is 0 Å². The Bertz CT molecular complexity index is 630. The quantitative estimate of drug-likeness (QED) is 0.400. The minimum absolute atomic E-state index is 0. The highest BCUT2D eigenvalue weighted by Crippen LogP contribution is 2.34. The molecule has 0 unspecified atom stereocenters. The van der Waals surface area contributed by atoms with Gasteiger partial charge < -0.3 is 14.8 Å². The number of nitrogens with one attached hydrogen (secondary N) is 1. The number of rotatable bonds is 12. The van der Waals surface area contributed by atoms with Crippen LogP contribution in [-0.4, -0.2) is 19.8 Å². The van der Waals surface area contributed by atoms with E-state index in [1.807, 2.05) is 42.5 Å². The predicted octanol–water partition coefficient (Wildman–Crippen LogP) is 6.29. The molecule has 3 nitrogen and oxygen atoms in total. The van der Waals surface area contributed by atoms with E-state index in [0.717, 1.165) is 43.7 Å². The maximum absolute atomic E-state index is 6.35. The number of hydrogen-bond acceptors (Lipinski definition) is 3. The number of unbranched alkanes of at least 4 members (excludes halogenated alkanes) is 1. The molecule has 150 valence electrons. The van der Waals surface area contributed by atoms with Crippen molar-refractivity contribution in [2.75, 3.05) is 19.8 Å². The molecular weight excluding hydrogens is 405 g/mol. The van der Waals surface area contributed by atoms with Gasteiger partial charge in [0.05, 0.1) is 10.0 Å². The highest BCUT2D eigenvalue weighted by atomic mass is 35.5. The Morgan fingerprint density at radius 2 is 1.59 bits per heavy atom. The lowest BCUT2D eigenvalue weighted by Crippen LogP contribution is -2.16. The molecule has 0 heterocycles. The molecule has 0 atom stereocenters. The average molecular weight is 433 g/mol. The predicted molar refractivity (Wildman–Crippen MR) is 117 cm³/mol. The molecule has 0 saturated heterocycles. The average Bonchev–Trinajstić information content (AvgIpc) is 2.64. The summed E-state index contributed by atoms with van der Waals surface area (Å²) in [6.45, 7) is 5.86. The van der Waals surface area contributed by atoms with Crippen molar-refractivity contribution in [1.82, 2.24) is 5.32 Å². The Kier molecular flexibility index (Phi) is 12.6. The first-order valence-electron chi connectivity index (χ1n) is 9.13. The summed E-state index contributed by atoms with van der Waals surface area (Å²) < 4.78 is 11.3. The zero-order valence-corrected chi connectivity index (χ0v) is 18.0. The molecule has 0 aliphatic heterocycles. The molecule has 0 radical (unpaired) electrons. The summed E-state index contributed by atoms with van der Waals surface area (Å²) in [5, 5.41) is 4.46. The van der Waals surface area contributed by atoms with Crippen molar-refractivity contribution in [3.05, 3.63) is 63.6 Å². The SMILES string of the molecule is CCCCOCCCNCc1cc(Cl)c(OCc2ccccc2)c(Cl)c1.Cl. The Morgan fingerprint density at radius 1 is 0.926 bits per heavy atom. The molecule has 0 aliphatic rings. The monoisotopic (exact) mass is 431 g/mol. The lowest BCUT2D eigenvalue weighted by molar-refractivity contribution is 0.129. The van der Waals surface area contributed by atoms with E-state index in [9.17, 15) is 0 Å². The Hall–Kier alpha value is -0.970. The molecule has 0 fully saturated rings. The van der Waals surface area contributed by atoms with Gasteiger partial charge in [-0.15, -0.1) is 12.4 Å². The molecule has 0 saturated carbocycles. The summed E-state index contributed by atoms with van der Waals surface area (Å²) in [6, 6.07) is 13.7. The summed E-state index contributed by atoms with van der Waals surface area (Å²) in [7, 11) is 0. The first-order chi connectivity index (χ1) is 12.7. The summed E-state index contributed by atoms with van der Waals surface area (Å²) in [5.41, 5.74) is 2.12. The molecule has 2 aromatic rings. The molecule has 0 aromatic heterocycles. The maximum atomic E-state index is 6.35. The fourth-order valence-corrected chi connectivity index (χ4v) is 3.10. The third-order valence-corrected chi connectivity index (χ3v) is 4.46. The molecule has 2 aromatic carbocycles. The smallest absolute Gasteiger partial charge is 0.156 e. The van der Waals surface area contributed by atoms with Gasteiger partial charge in [0.1, 0.15) is 6.61 Å². The minimum Gasteiger partial charge on any atom is -0.486 e. The second kappa shape index (κ2) is 14.1. The van der Waals surface area contributed by atoms with Crippen LogP contribution in [0.4, 0.5) is 0 Å². The van der Waals surface area contributed by atoms with E-state index in [1.54, 1.807) is 0 Å². The van der Waals surface area contributed by atoms with Crippen LogP contribution in [-0.2, 0) is 17.9 Å². The summed E-state index contributed by atoms with van der Waals surface area (Å²) in [5.74, 6) is 0.533. The highest BCUT2D eigenvalue weighted by molar-refractivity contribution is 6.37. The normalized spacial score (nSPS) is 10.5. The van der Waals surface area contributed by atoms with E-state index in [-0.39, 0.29) is 12.4 Å². The van der Waals surface area contributed by atoms with Crippen molar-refractivity contribution >= 4 is 35.6 Å². The highest BCUT2D eigenvalue weighted by Gasteiger charge is 2.10. The molecule has 0 bridgehead atoms. The fourth-order valence-electron chi connectivity index (χ4n) is 2.46. The molecule has 2 rings (SSSR count). The standard InChI is InChI=1S/C21H27Cl2NO2.ClH/c1-2-3-11-25-12-7-10-24-15-18-13-19(22)21(20(23)14-18)26-16-17-8-5-4-6-9-17;/h4-6,8-9,13-14,24H,2-3,7,10-12,15-16H2,1H3;1H. The number of benzene rings is 2. The third-order valence-electron chi connectivity index (χ3n) is 3.90. The zero-order chi connectivity index (χ0) is 18.6. The lowest BCUT2D eigenvalue weighted by Gasteiger charge is -2.12. The largest absolute Gasteiger partial charge is 0.486 e. The van der Waals surface area contributed by atoms with E-state index in [2.05, 4.69) is 12.2 Å². The van der Waals surface area contributed by atoms with Crippen LogP contribution in [0.3, 0.4) is 0 Å². The fraction of sp³-hybridized carbons (Fsp3) is 0.429. The second-order valence-electron chi connectivity index (χ2n) is 6.16. The van der Waals surface area contributed by atoms with Crippen LogP contribution < -0.4 is 10.1 Å². The van der Waals surface area contributed by atoms with Gasteiger partial charge in [0.25, 0.3) is 0 Å². The van der Waals surface area contributed by atoms with E-state index < -0.39 is 0 Å². The molecule has 1 N–H and O–H groups in total. The summed E-state index contributed by atoms with van der Waals surface area (Å²) in [4.78, 5) is 0. The van der Waals surface area contributed by atoms with Crippen LogP contribution in [0, 0.1) is 0 Å². The first-order valence-corrected chi connectivity index (χ1v) is 9.89. The first kappa shape index (κ1) is 24.1. The van der Waals surface area contributed by atoms with Crippen molar-refractivity contribution in [3.63, 3.8) is 0 Å². The van der Waals surface area contributed by atoms with Crippen LogP contribution in [0.2, 0.25) is 10.0 Å². The molecule has 0 spiro atoms. The minimum atomic E-state index is 0. The third kappa shape index (κ3) is 9.18. The Balaban J connectivity index is 0.00000364. The molecular formula is C21H28Cl3NO2. The maximum Gasteiger partial charge on any atom is 0.156 e. The van der Waals surface area contributed by atoms with E-state index in [1.165, 1.54) is 6.42 Å². The Morgan fingerprint density at radius 3 is 2.26 bits per heavy atom. The van der Waals surface area contributed by atoms with E-state index in [0.29, 0.717) is 28.9 Å². The van der Waals surface area contributed by atoms with Crippen LogP contribution in [0.25, 0.3) is 0 Å². The van der Waals surface area contributed by atoms with Gasteiger partial charge >= 0.3 is 0 Å². The van der Waals surface area contributed by atoms with Crippen molar-refractivity contribution in [1.29, 1.82) is 0 Å². The second-order valence-corrected chi connectivity index (χ2v) is 6.97. The van der Waals surface area contributed by atoms with Gasteiger partial charge in [-0.1, -0.05) is 66.9 Å². The number of hydrogen-bond donors (Lipinski definition) is 1. The summed E-state index contributed by atoms with van der Waals surface area (Å²) in [6.07, 6.45) is 3.29. The molecule has 6 heteroatoms. The van der Waals surface area contributed by atoms with Crippen LogP contribution in [0.5, 0.6) is 5.75 Å². The molecule has 27 heavy (non-hydrogen) atoms. The van der Waals surface area contributed by atoms with Crippen LogP contribution >= 0.6 is 35.6 Å². The van der Waals surface area contributed by atoms with E-state index in [4.69, 9.17) is 32.7 Å². The summed E-state index contributed by atoms with van der Waals surface area (Å²) >= 11 is 12.7.